The molecule has 0 aliphatic rings. The fourth-order valence-electron chi connectivity index (χ4n) is 2.04. The first kappa shape index (κ1) is 16.9. The Kier molecular flexibility index (Phi) is 6.48. The largest absolute Gasteiger partial charge is 0.493 e. The first-order valence-corrected chi connectivity index (χ1v) is 7.76. The zero-order chi connectivity index (χ0) is 16.5. The molecular weight excluding hydrogens is 290 g/mol. The summed E-state index contributed by atoms with van der Waals surface area (Å²) in [7, 11) is 1.63. The molecule has 0 aromatic heterocycles. The molecule has 0 aliphatic heterocycles. The van der Waals surface area contributed by atoms with Crippen LogP contribution >= 0.6 is 0 Å². The molecule has 0 radical (unpaired) electrons. The highest BCUT2D eigenvalue weighted by atomic mass is 16.6. The fourth-order valence-corrected chi connectivity index (χ4v) is 2.04. The summed E-state index contributed by atoms with van der Waals surface area (Å²) in [5, 5.41) is 4.12. The molecule has 122 valence electrons. The number of nitrogens with zero attached hydrogens (tertiary/aromatic N) is 1. The molecule has 0 N–H and O–H groups in total. The van der Waals surface area contributed by atoms with Crippen molar-refractivity contribution in [2.75, 3.05) is 13.7 Å². The van der Waals surface area contributed by atoms with Gasteiger partial charge < -0.3 is 14.3 Å². The molecule has 0 fully saturated rings. The topological polar surface area (TPSA) is 40.0 Å². The smallest absolute Gasteiger partial charge is 0.162 e. The van der Waals surface area contributed by atoms with E-state index in [1.165, 1.54) is 0 Å². The summed E-state index contributed by atoms with van der Waals surface area (Å²) in [5.41, 5.74) is 2.87. The van der Waals surface area contributed by atoms with Crippen molar-refractivity contribution >= 4 is 5.71 Å². The third-order valence-corrected chi connectivity index (χ3v) is 3.32. The second kappa shape index (κ2) is 8.83. The number of benzene rings is 2. The van der Waals surface area contributed by atoms with Gasteiger partial charge in [-0.1, -0.05) is 42.4 Å². The molecule has 2 aromatic rings. The lowest BCUT2D eigenvalue weighted by molar-refractivity contribution is 0.145. The highest BCUT2D eigenvalue weighted by Crippen LogP contribution is 2.29. The van der Waals surface area contributed by atoms with Crippen molar-refractivity contribution < 1.29 is 14.3 Å². The van der Waals surface area contributed by atoms with Crippen LogP contribution in [0.3, 0.4) is 0 Å². The minimum absolute atomic E-state index is 0.489. The highest BCUT2D eigenvalue weighted by Gasteiger charge is 2.08. The number of rotatable bonds is 8. The summed E-state index contributed by atoms with van der Waals surface area (Å²) in [6, 6.07) is 15.8. The quantitative estimate of drug-likeness (QED) is 0.411. The Balaban J connectivity index is 2.13. The Morgan fingerprint density at radius 1 is 1.04 bits per heavy atom. The van der Waals surface area contributed by atoms with Crippen LogP contribution in [0.1, 0.15) is 31.4 Å². The number of hydrogen-bond acceptors (Lipinski definition) is 4. The summed E-state index contributed by atoms with van der Waals surface area (Å²) < 4.78 is 11.3. The number of hydrogen-bond donors (Lipinski definition) is 0. The van der Waals surface area contributed by atoms with E-state index in [4.69, 9.17) is 14.3 Å². The fraction of sp³-hybridized carbons (Fsp3) is 0.316. The van der Waals surface area contributed by atoms with Gasteiger partial charge in [0.2, 0.25) is 0 Å². The van der Waals surface area contributed by atoms with Gasteiger partial charge in [-0.15, -0.1) is 0 Å². The molecule has 23 heavy (non-hydrogen) atoms. The van der Waals surface area contributed by atoms with Crippen molar-refractivity contribution in [3.8, 4) is 11.5 Å². The van der Waals surface area contributed by atoms with E-state index in [1.54, 1.807) is 7.11 Å². The van der Waals surface area contributed by atoms with Crippen molar-refractivity contribution in [3.05, 3.63) is 59.7 Å². The van der Waals surface area contributed by atoms with E-state index in [0.717, 1.165) is 23.3 Å². The van der Waals surface area contributed by atoms with E-state index in [1.807, 2.05) is 62.4 Å². The summed E-state index contributed by atoms with van der Waals surface area (Å²) in [6.07, 6.45) is 0.935. The average Bonchev–Trinajstić information content (AvgIpc) is 2.60. The molecule has 2 aromatic carbocycles. The van der Waals surface area contributed by atoms with Gasteiger partial charge in [-0.25, -0.2) is 0 Å². The average molecular weight is 313 g/mol. The molecule has 0 aliphatic carbocycles. The van der Waals surface area contributed by atoms with E-state index in [0.29, 0.717) is 24.7 Å². The predicted octanol–water partition coefficient (Wildman–Crippen LogP) is 4.42. The maximum absolute atomic E-state index is 5.91. The third kappa shape index (κ3) is 5.02. The van der Waals surface area contributed by atoms with Crippen molar-refractivity contribution in [3.63, 3.8) is 0 Å². The Morgan fingerprint density at radius 3 is 2.52 bits per heavy atom. The molecule has 0 saturated heterocycles. The molecule has 0 atom stereocenters. The molecular formula is C19H23NO3. The molecule has 0 amide bonds. The van der Waals surface area contributed by atoms with Crippen LogP contribution in [0, 0.1) is 0 Å². The number of ether oxygens (including phenoxy) is 2. The summed E-state index contributed by atoms with van der Waals surface area (Å²) in [5.74, 6) is 1.39. The van der Waals surface area contributed by atoms with Gasteiger partial charge in [0.05, 0.1) is 12.8 Å². The van der Waals surface area contributed by atoms with Gasteiger partial charge in [-0.2, -0.15) is 0 Å². The Labute approximate surface area is 137 Å². The van der Waals surface area contributed by atoms with Crippen LogP contribution in [0.5, 0.6) is 11.5 Å². The number of methoxy groups -OCH3 is 1. The minimum Gasteiger partial charge on any atom is -0.493 e. The summed E-state index contributed by atoms with van der Waals surface area (Å²) in [4.78, 5) is 5.24. The molecule has 0 unspecified atom stereocenters. The van der Waals surface area contributed by atoms with E-state index < -0.39 is 0 Å². The Morgan fingerprint density at radius 2 is 1.83 bits per heavy atom. The summed E-state index contributed by atoms with van der Waals surface area (Å²) >= 11 is 0. The van der Waals surface area contributed by atoms with Gasteiger partial charge in [-0.3, -0.25) is 0 Å². The molecule has 4 nitrogen and oxygen atoms in total. The Bertz CT molecular complexity index is 638. The van der Waals surface area contributed by atoms with Crippen LogP contribution in [0.2, 0.25) is 0 Å². The molecule has 4 heteroatoms. The van der Waals surface area contributed by atoms with Gasteiger partial charge in [0, 0.05) is 5.56 Å². The normalized spacial score (nSPS) is 11.2. The lowest BCUT2D eigenvalue weighted by Crippen LogP contribution is -2.01. The lowest BCUT2D eigenvalue weighted by atomic mass is 10.1. The monoisotopic (exact) mass is 313 g/mol. The van der Waals surface area contributed by atoms with Crippen LogP contribution in [-0.4, -0.2) is 19.4 Å². The number of oxime groups is 1. The maximum atomic E-state index is 5.91. The van der Waals surface area contributed by atoms with Gasteiger partial charge in [0.15, 0.2) is 11.5 Å². The zero-order valence-corrected chi connectivity index (χ0v) is 13.9. The standard InChI is InChI=1S/C19H23NO3/c1-4-12-23-20-15(2)17-10-11-18(21-3)19(13-17)22-14-16-8-6-5-7-9-16/h5-11,13H,4,12,14H2,1-3H3/b20-15+. The van der Waals surface area contributed by atoms with Crippen molar-refractivity contribution in [1.29, 1.82) is 0 Å². The maximum Gasteiger partial charge on any atom is 0.162 e. The SMILES string of the molecule is CCCO/N=C(\C)c1ccc(OC)c(OCc2ccccc2)c1. The molecule has 0 spiro atoms. The van der Waals surface area contributed by atoms with Crippen LogP contribution in [0.25, 0.3) is 0 Å². The van der Waals surface area contributed by atoms with Gasteiger partial charge in [0.25, 0.3) is 0 Å². The second-order valence-corrected chi connectivity index (χ2v) is 5.15. The summed E-state index contributed by atoms with van der Waals surface area (Å²) in [6.45, 7) is 5.07. The molecule has 0 bridgehead atoms. The van der Waals surface area contributed by atoms with E-state index >= 15 is 0 Å². The molecule has 2 rings (SSSR count). The van der Waals surface area contributed by atoms with Crippen molar-refractivity contribution in [2.45, 2.75) is 26.9 Å². The van der Waals surface area contributed by atoms with E-state index in [2.05, 4.69) is 5.16 Å². The van der Waals surface area contributed by atoms with Crippen molar-refractivity contribution in [1.82, 2.24) is 0 Å². The van der Waals surface area contributed by atoms with E-state index in [9.17, 15) is 0 Å². The predicted molar refractivity (Wildman–Crippen MR) is 92.2 cm³/mol. The van der Waals surface area contributed by atoms with Crippen LogP contribution in [0.4, 0.5) is 0 Å². The van der Waals surface area contributed by atoms with Crippen molar-refractivity contribution in [2.24, 2.45) is 5.16 Å². The van der Waals surface area contributed by atoms with E-state index in [-0.39, 0.29) is 0 Å². The zero-order valence-electron chi connectivity index (χ0n) is 13.9. The van der Waals surface area contributed by atoms with Crippen LogP contribution < -0.4 is 9.47 Å². The molecule has 0 heterocycles. The molecule has 0 saturated carbocycles. The Hall–Kier alpha value is -2.49. The first-order chi connectivity index (χ1) is 11.2. The van der Waals surface area contributed by atoms with Gasteiger partial charge in [0.1, 0.15) is 13.2 Å². The second-order valence-electron chi connectivity index (χ2n) is 5.15. The van der Waals surface area contributed by atoms with Crippen LogP contribution in [0.15, 0.2) is 53.7 Å². The highest BCUT2D eigenvalue weighted by molar-refractivity contribution is 5.98. The lowest BCUT2D eigenvalue weighted by Gasteiger charge is -2.12. The first-order valence-electron chi connectivity index (χ1n) is 7.76. The van der Waals surface area contributed by atoms with Crippen LogP contribution in [-0.2, 0) is 11.4 Å². The van der Waals surface area contributed by atoms with Gasteiger partial charge >= 0.3 is 0 Å². The van der Waals surface area contributed by atoms with Gasteiger partial charge in [-0.05, 0) is 37.1 Å². The third-order valence-electron chi connectivity index (χ3n) is 3.32. The minimum atomic E-state index is 0.489.